The Balaban J connectivity index is 1.45. The average Bonchev–Trinajstić information content (AvgIpc) is 2.69. The largest absolute Gasteiger partial charge is 0.348 e. The van der Waals surface area contributed by atoms with Crippen LogP contribution in [0.2, 0.25) is 0 Å². The Hall–Kier alpha value is -2.66. The SMILES string of the molecule is C[C@@H](NC(=O)CN1CCN(C(=O)c2ccccc2)CC1)c1ccccc1. The van der Waals surface area contributed by atoms with Crippen LogP contribution in [-0.2, 0) is 4.79 Å². The fourth-order valence-corrected chi connectivity index (χ4v) is 3.19. The highest BCUT2D eigenvalue weighted by atomic mass is 16.2. The molecule has 2 aromatic rings. The molecule has 0 unspecified atom stereocenters. The third kappa shape index (κ3) is 4.70. The number of piperazine rings is 1. The van der Waals surface area contributed by atoms with Crippen molar-refractivity contribution >= 4 is 11.8 Å². The molecule has 0 aliphatic carbocycles. The molecule has 1 saturated heterocycles. The van der Waals surface area contributed by atoms with E-state index in [2.05, 4.69) is 10.2 Å². The molecule has 0 spiro atoms. The van der Waals surface area contributed by atoms with Crippen LogP contribution < -0.4 is 5.32 Å². The Morgan fingerprint density at radius 1 is 0.923 bits per heavy atom. The lowest BCUT2D eigenvalue weighted by Gasteiger charge is -2.34. The Labute approximate surface area is 154 Å². The van der Waals surface area contributed by atoms with Gasteiger partial charge in [-0.15, -0.1) is 0 Å². The number of hydrogen-bond acceptors (Lipinski definition) is 3. The van der Waals surface area contributed by atoms with Gasteiger partial charge in [0.15, 0.2) is 0 Å². The van der Waals surface area contributed by atoms with Gasteiger partial charge >= 0.3 is 0 Å². The summed E-state index contributed by atoms with van der Waals surface area (Å²) in [6.45, 7) is 5.08. The molecule has 1 aliphatic heterocycles. The van der Waals surface area contributed by atoms with E-state index in [0.717, 1.165) is 11.1 Å². The van der Waals surface area contributed by atoms with Crippen molar-refractivity contribution in [1.82, 2.24) is 15.1 Å². The molecule has 0 radical (unpaired) electrons. The van der Waals surface area contributed by atoms with Crippen LogP contribution in [-0.4, -0.2) is 54.3 Å². The van der Waals surface area contributed by atoms with E-state index in [1.54, 1.807) is 0 Å². The minimum Gasteiger partial charge on any atom is -0.348 e. The number of carbonyl (C=O) groups excluding carboxylic acids is 2. The maximum Gasteiger partial charge on any atom is 0.253 e. The van der Waals surface area contributed by atoms with E-state index >= 15 is 0 Å². The second-order valence-electron chi connectivity index (χ2n) is 6.63. The second-order valence-corrected chi connectivity index (χ2v) is 6.63. The lowest BCUT2D eigenvalue weighted by atomic mass is 10.1. The summed E-state index contributed by atoms with van der Waals surface area (Å²) in [7, 11) is 0. The second kappa shape index (κ2) is 8.63. The summed E-state index contributed by atoms with van der Waals surface area (Å²) in [6.07, 6.45) is 0. The van der Waals surface area contributed by atoms with Gasteiger partial charge in [0.25, 0.3) is 5.91 Å². The van der Waals surface area contributed by atoms with E-state index in [0.29, 0.717) is 32.7 Å². The first kappa shape index (κ1) is 18.1. The molecule has 3 rings (SSSR count). The molecule has 1 aliphatic rings. The highest BCUT2D eigenvalue weighted by Gasteiger charge is 2.23. The third-order valence-corrected chi connectivity index (χ3v) is 4.72. The Kier molecular flexibility index (Phi) is 6.02. The van der Waals surface area contributed by atoms with E-state index in [1.165, 1.54) is 0 Å². The van der Waals surface area contributed by atoms with Crippen LogP contribution in [0.1, 0.15) is 28.9 Å². The zero-order chi connectivity index (χ0) is 18.4. The van der Waals surface area contributed by atoms with Crippen LogP contribution >= 0.6 is 0 Å². The first-order chi connectivity index (χ1) is 12.6. The van der Waals surface area contributed by atoms with Gasteiger partial charge in [0, 0.05) is 31.7 Å². The Bertz CT molecular complexity index is 725. The summed E-state index contributed by atoms with van der Waals surface area (Å²) in [5.41, 5.74) is 1.81. The van der Waals surface area contributed by atoms with Crippen molar-refractivity contribution in [2.24, 2.45) is 0 Å². The van der Waals surface area contributed by atoms with Crippen LogP contribution in [0.25, 0.3) is 0 Å². The summed E-state index contributed by atoms with van der Waals surface area (Å²) < 4.78 is 0. The molecule has 2 aromatic carbocycles. The van der Waals surface area contributed by atoms with Gasteiger partial charge in [0.05, 0.1) is 12.6 Å². The number of hydrogen-bond donors (Lipinski definition) is 1. The Morgan fingerprint density at radius 3 is 2.12 bits per heavy atom. The molecule has 1 fully saturated rings. The topological polar surface area (TPSA) is 52.7 Å². The van der Waals surface area contributed by atoms with Crippen LogP contribution in [0.3, 0.4) is 0 Å². The minimum absolute atomic E-state index is 0.00959. The highest BCUT2D eigenvalue weighted by Crippen LogP contribution is 2.12. The van der Waals surface area contributed by atoms with Crippen molar-refractivity contribution < 1.29 is 9.59 Å². The maximum absolute atomic E-state index is 12.5. The lowest BCUT2D eigenvalue weighted by Crippen LogP contribution is -2.51. The van der Waals surface area contributed by atoms with Crippen molar-refractivity contribution in [2.75, 3.05) is 32.7 Å². The normalized spacial score (nSPS) is 16.1. The average molecular weight is 351 g/mol. The maximum atomic E-state index is 12.5. The van der Waals surface area contributed by atoms with Crippen LogP contribution in [0, 0.1) is 0 Å². The predicted octanol–water partition coefficient (Wildman–Crippen LogP) is 2.32. The fraction of sp³-hybridized carbons (Fsp3) is 0.333. The quantitative estimate of drug-likeness (QED) is 0.899. The van der Waals surface area contributed by atoms with E-state index in [9.17, 15) is 9.59 Å². The minimum atomic E-state index is -0.00959. The van der Waals surface area contributed by atoms with Gasteiger partial charge in [-0.25, -0.2) is 0 Å². The summed E-state index contributed by atoms with van der Waals surface area (Å²) in [4.78, 5) is 28.7. The molecule has 1 N–H and O–H groups in total. The number of benzene rings is 2. The van der Waals surface area contributed by atoms with Crippen molar-refractivity contribution in [1.29, 1.82) is 0 Å². The summed E-state index contributed by atoms with van der Waals surface area (Å²) >= 11 is 0. The molecule has 26 heavy (non-hydrogen) atoms. The third-order valence-electron chi connectivity index (χ3n) is 4.72. The van der Waals surface area contributed by atoms with Gasteiger partial charge in [-0.2, -0.15) is 0 Å². The van der Waals surface area contributed by atoms with Gasteiger partial charge in [0.1, 0.15) is 0 Å². The molecule has 5 heteroatoms. The molecule has 136 valence electrons. The number of nitrogens with one attached hydrogen (secondary N) is 1. The van der Waals surface area contributed by atoms with Gasteiger partial charge in [-0.3, -0.25) is 14.5 Å². The number of nitrogens with zero attached hydrogens (tertiary/aromatic N) is 2. The van der Waals surface area contributed by atoms with Gasteiger partial charge in [0.2, 0.25) is 5.91 Å². The fourth-order valence-electron chi connectivity index (χ4n) is 3.19. The first-order valence-corrected chi connectivity index (χ1v) is 9.04. The van der Waals surface area contributed by atoms with E-state index in [1.807, 2.05) is 72.5 Å². The van der Waals surface area contributed by atoms with Gasteiger partial charge in [-0.05, 0) is 24.6 Å². The molecule has 1 atom stereocenters. The number of rotatable bonds is 5. The smallest absolute Gasteiger partial charge is 0.253 e. The molecule has 0 bridgehead atoms. The zero-order valence-corrected chi connectivity index (χ0v) is 15.1. The van der Waals surface area contributed by atoms with Crippen molar-refractivity contribution in [2.45, 2.75) is 13.0 Å². The predicted molar refractivity (Wildman–Crippen MR) is 102 cm³/mol. The molecule has 5 nitrogen and oxygen atoms in total. The van der Waals surface area contributed by atoms with Crippen LogP contribution in [0.5, 0.6) is 0 Å². The molecule has 1 heterocycles. The summed E-state index contributed by atoms with van der Waals surface area (Å²) in [5.74, 6) is 0.0802. The van der Waals surface area contributed by atoms with E-state index in [4.69, 9.17) is 0 Å². The van der Waals surface area contributed by atoms with E-state index < -0.39 is 0 Å². The molecular weight excluding hydrogens is 326 g/mol. The monoisotopic (exact) mass is 351 g/mol. The molecule has 0 aromatic heterocycles. The summed E-state index contributed by atoms with van der Waals surface area (Å²) in [6, 6.07) is 19.3. The standard InChI is InChI=1S/C21H25N3O2/c1-17(18-8-4-2-5-9-18)22-20(25)16-23-12-14-24(15-13-23)21(26)19-10-6-3-7-11-19/h2-11,17H,12-16H2,1H3,(H,22,25)/t17-/m1/s1. The van der Waals surface area contributed by atoms with Gasteiger partial charge < -0.3 is 10.2 Å². The number of amides is 2. The zero-order valence-electron chi connectivity index (χ0n) is 15.1. The molecule has 0 saturated carbocycles. The van der Waals surface area contributed by atoms with Crippen molar-refractivity contribution in [3.05, 3.63) is 71.8 Å². The van der Waals surface area contributed by atoms with Crippen molar-refractivity contribution in [3.63, 3.8) is 0 Å². The first-order valence-electron chi connectivity index (χ1n) is 9.04. The van der Waals surface area contributed by atoms with Gasteiger partial charge in [-0.1, -0.05) is 48.5 Å². The highest BCUT2D eigenvalue weighted by molar-refractivity contribution is 5.94. The molecular formula is C21H25N3O2. The Morgan fingerprint density at radius 2 is 1.50 bits per heavy atom. The van der Waals surface area contributed by atoms with Crippen LogP contribution in [0.15, 0.2) is 60.7 Å². The van der Waals surface area contributed by atoms with E-state index in [-0.39, 0.29) is 17.9 Å². The number of carbonyl (C=O) groups is 2. The molecule has 2 amide bonds. The van der Waals surface area contributed by atoms with Crippen molar-refractivity contribution in [3.8, 4) is 0 Å². The summed E-state index contributed by atoms with van der Waals surface area (Å²) in [5, 5.41) is 3.04. The lowest BCUT2D eigenvalue weighted by molar-refractivity contribution is -0.123. The van der Waals surface area contributed by atoms with Crippen LogP contribution in [0.4, 0.5) is 0 Å².